The minimum atomic E-state index is -0.948. The van der Waals surface area contributed by atoms with Crippen molar-refractivity contribution in [3.8, 4) is 17.1 Å². The smallest absolute Gasteiger partial charge is 0.177 e. The van der Waals surface area contributed by atoms with Gasteiger partial charge in [-0.15, -0.1) is 10.2 Å². The molecule has 27 heavy (non-hydrogen) atoms. The lowest BCUT2D eigenvalue weighted by molar-refractivity contribution is 0.0885. The van der Waals surface area contributed by atoms with Crippen LogP contribution in [0.5, 0.6) is 5.75 Å². The van der Waals surface area contributed by atoms with Crippen LogP contribution in [0, 0.1) is 5.82 Å². The zero-order valence-electron chi connectivity index (χ0n) is 15.1. The molecule has 0 fully saturated rings. The summed E-state index contributed by atoms with van der Waals surface area (Å²) in [6.45, 7) is 6.13. The van der Waals surface area contributed by atoms with E-state index in [1.54, 1.807) is 38.1 Å². The second-order valence-electron chi connectivity index (χ2n) is 6.52. The molecule has 1 heterocycles. The van der Waals surface area contributed by atoms with E-state index >= 15 is 0 Å². The summed E-state index contributed by atoms with van der Waals surface area (Å²) in [5.41, 5.74) is 6.09. The third-order valence-corrected chi connectivity index (χ3v) is 4.65. The van der Waals surface area contributed by atoms with E-state index in [1.807, 2.05) is 11.5 Å². The molecule has 0 aliphatic heterocycles. The fraction of sp³-hybridized carbons (Fsp3) is 0.263. The second kappa shape index (κ2) is 7.37. The maximum atomic E-state index is 14.2. The van der Waals surface area contributed by atoms with Crippen LogP contribution >= 0.6 is 23.2 Å². The van der Waals surface area contributed by atoms with Gasteiger partial charge in [-0.2, -0.15) is 0 Å². The predicted octanol–water partition coefficient (Wildman–Crippen LogP) is 5.31. The number of nitrogens with two attached hydrogens (primary N) is 1. The maximum Gasteiger partial charge on any atom is 0.177 e. The Morgan fingerprint density at radius 1 is 1.15 bits per heavy atom. The predicted molar refractivity (Wildman–Crippen MR) is 106 cm³/mol. The molecule has 0 amide bonds. The number of ether oxygens (including phenoxy) is 1. The maximum absolute atomic E-state index is 14.2. The zero-order valence-corrected chi connectivity index (χ0v) is 16.6. The van der Waals surface area contributed by atoms with Gasteiger partial charge >= 0.3 is 0 Å². The molecule has 5 nitrogen and oxygen atoms in total. The van der Waals surface area contributed by atoms with Gasteiger partial charge in [0.2, 0.25) is 0 Å². The Labute approximate surface area is 166 Å². The van der Waals surface area contributed by atoms with Crippen LogP contribution in [0.25, 0.3) is 11.4 Å². The van der Waals surface area contributed by atoms with Crippen LogP contribution in [0.2, 0.25) is 10.0 Å². The largest absolute Gasteiger partial charge is 0.477 e. The van der Waals surface area contributed by atoms with E-state index in [0.717, 1.165) is 0 Å². The SMILES string of the molecule is CCn1c(-c2ccc(N)cc2Cl)nnc1C(C)(C)Oc1ccc(Cl)cc1F. The number of benzene rings is 2. The molecule has 0 saturated carbocycles. The third kappa shape index (κ3) is 3.87. The summed E-state index contributed by atoms with van der Waals surface area (Å²) in [5.74, 6) is 0.676. The topological polar surface area (TPSA) is 66.0 Å². The molecule has 8 heteroatoms. The quantitative estimate of drug-likeness (QED) is 0.581. The number of nitrogens with zero attached hydrogens (tertiary/aromatic N) is 3. The molecule has 0 aliphatic rings. The lowest BCUT2D eigenvalue weighted by atomic mass is 10.1. The molecule has 0 radical (unpaired) electrons. The van der Waals surface area contributed by atoms with E-state index in [1.165, 1.54) is 12.1 Å². The van der Waals surface area contributed by atoms with Gasteiger partial charge in [-0.05, 0) is 57.2 Å². The van der Waals surface area contributed by atoms with E-state index in [-0.39, 0.29) is 5.75 Å². The van der Waals surface area contributed by atoms with Gasteiger partial charge in [-0.25, -0.2) is 4.39 Å². The fourth-order valence-electron chi connectivity index (χ4n) is 2.84. The number of aromatic nitrogens is 3. The van der Waals surface area contributed by atoms with Crippen LogP contribution < -0.4 is 10.5 Å². The minimum Gasteiger partial charge on any atom is -0.477 e. The van der Waals surface area contributed by atoms with Crippen molar-refractivity contribution in [1.82, 2.24) is 14.8 Å². The summed E-state index contributed by atoms with van der Waals surface area (Å²) in [5, 5.41) is 9.36. The summed E-state index contributed by atoms with van der Waals surface area (Å²) in [6, 6.07) is 9.47. The number of rotatable bonds is 5. The monoisotopic (exact) mass is 408 g/mol. The lowest BCUT2D eigenvalue weighted by Crippen LogP contribution is -2.30. The summed E-state index contributed by atoms with van der Waals surface area (Å²) in [6.07, 6.45) is 0. The Balaban J connectivity index is 2.02. The number of hydrogen-bond acceptors (Lipinski definition) is 4. The highest BCUT2D eigenvalue weighted by atomic mass is 35.5. The highest BCUT2D eigenvalue weighted by Gasteiger charge is 2.32. The van der Waals surface area contributed by atoms with Crippen molar-refractivity contribution in [3.63, 3.8) is 0 Å². The van der Waals surface area contributed by atoms with Gasteiger partial charge in [0.15, 0.2) is 28.8 Å². The summed E-state index contributed by atoms with van der Waals surface area (Å²) < 4.78 is 21.9. The van der Waals surface area contributed by atoms with E-state index < -0.39 is 11.4 Å². The molecule has 142 valence electrons. The van der Waals surface area contributed by atoms with Crippen LogP contribution in [-0.4, -0.2) is 14.8 Å². The first-order valence-corrected chi connectivity index (χ1v) is 9.11. The van der Waals surface area contributed by atoms with Crippen LogP contribution in [0.1, 0.15) is 26.6 Å². The molecule has 0 bridgehead atoms. The molecular formula is C19H19Cl2FN4O. The normalized spacial score (nSPS) is 11.6. The molecule has 0 saturated heterocycles. The highest BCUT2D eigenvalue weighted by Crippen LogP contribution is 2.34. The molecule has 1 aromatic heterocycles. The van der Waals surface area contributed by atoms with Crippen molar-refractivity contribution < 1.29 is 9.13 Å². The van der Waals surface area contributed by atoms with Gasteiger partial charge in [0.1, 0.15) is 0 Å². The van der Waals surface area contributed by atoms with Crippen molar-refractivity contribution in [2.75, 3.05) is 5.73 Å². The molecule has 3 aromatic rings. The number of nitrogen functional groups attached to an aromatic ring is 1. The lowest BCUT2D eigenvalue weighted by Gasteiger charge is -2.26. The Bertz CT molecular complexity index is 988. The van der Waals surface area contributed by atoms with Crippen molar-refractivity contribution >= 4 is 28.9 Å². The van der Waals surface area contributed by atoms with Crippen LogP contribution in [-0.2, 0) is 12.1 Å². The molecule has 0 aliphatic carbocycles. The molecule has 2 aromatic carbocycles. The summed E-state index contributed by atoms with van der Waals surface area (Å²) in [7, 11) is 0. The van der Waals surface area contributed by atoms with Gasteiger partial charge in [-0.1, -0.05) is 23.2 Å². The standard InChI is InChI=1S/C19H19Cl2FN4O/c1-4-26-17(13-7-6-12(23)10-14(13)21)24-25-18(26)19(2,3)27-16-8-5-11(20)9-15(16)22/h5-10H,4,23H2,1-3H3. The first-order chi connectivity index (χ1) is 12.7. The Morgan fingerprint density at radius 2 is 1.89 bits per heavy atom. The third-order valence-electron chi connectivity index (χ3n) is 4.10. The summed E-state index contributed by atoms with van der Waals surface area (Å²) in [4.78, 5) is 0. The molecule has 2 N–H and O–H groups in total. The van der Waals surface area contributed by atoms with Gasteiger partial charge in [0.25, 0.3) is 0 Å². The van der Waals surface area contributed by atoms with E-state index in [2.05, 4.69) is 10.2 Å². The van der Waals surface area contributed by atoms with Gasteiger partial charge in [0, 0.05) is 22.8 Å². The fourth-order valence-corrected chi connectivity index (χ4v) is 3.27. The van der Waals surface area contributed by atoms with E-state index in [9.17, 15) is 4.39 Å². The van der Waals surface area contributed by atoms with Crippen molar-refractivity contribution in [2.45, 2.75) is 32.9 Å². The minimum absolute atomic E-state index is 0.0853. The van der Waals surface area contributed by atoms with Crippen molar-refractivity contribution in [2.24, 2.45) is 0 Å². The molecule has 0 unspecified atom stereocenters. The Morgan fingerprint density at radius 3 is 2.52 bits per heavy atom. The van der Waals surface area contributed by atoms with Gasteiger partial charge in [-0.3, -0.25) is 0 Å². The average Bonchev–Trinajstić information content (AvgIpc) is 3.02. The first kappa shape index (κ1) is 19.5. The summed E-state index contributed by atoms with van der Waals surface area (Å²) >= 11 is 12.1. The molecular weight excluding hydrogens is 390 g/mol. The van der Waals surface area contributed by atoms with Crippen LogP contribution in [0.4, 0.5) is 10.1 Å². The average molecular weight is 409 g/mol. The van der Waals surface area contributed by atoms with Gasteiger partial charge < -0.3 is 15.0 Å². The molecule has 0 atom stereocenters. The first-order valence-electron chi connectivity index (χ1n) is 8.36. The van der Waals surface area contributed by atoms with Crippen LogP contribution in [0.15, 0.2) is 36.4 Å². The van der Waals surface area contributed by atoms with E-state index in [4.69, 9.17) is 33.7 Å². The zero-order chi connectivity index (χ0) is 19.8. The van der Waals surface area contributed by atoms with E-state index in [0.29, 0.717) is 39.5 Å². The number of anilines is 1. The van der Waals surface area contributed by atoms with Gasteiger partial charge in [0.05, 0.1) is 5.02 Å². The Kier molecular flexibility index (Phi) is 5.31. The number of hydrogen-bond donors (Lipinski definition) is 1. The highest BCUT2D eigenvalue weighted by molar-refractivity contribution is 6.33. The number of halogens is 3. The molecule has 0 spiro atoms. The second-order valence-corrected chi connectivity index (χ2v) is 7.36. The Hall–Kier alpha value is -2.31. The molecule has 3 rings (SSSR count). The van der Waals surface area contributed by atoms with Crippen molar-refractivity contribution in [1.29, 1.82) is 0 Å². The van der Waals surface area contributed by atoms with Crippen molar-refractivity contribution in [3.05, 3.63) is 58.1 Å². The van der Waals surface area contributed by atoms with Crippen LogP contribution in [0.3, 0.4) is 0 Å².